The summed E-state index contributed by atoms with van der Waals surface area (Å²) >= 11 is 3.41. The Labute approximate surface area is 113 Å². The number of carbonyl (C=O) groups is 1. The third-order valence-corrected chi connectivity index (χ3v) is 3.69. The van der Waals surface area contributed by atoms with Crippen LogP contribution in [0.1, 0.15) is 15.9 Å². The Morgan fingerprint density at radius 2 is 2.22 bits per heavy atom. The number of anilines is 2. The van der Waals surface area contributed by atoms with Crippen LogP contribution in [0.2, 0.25) is 0 Å². The predicted molar refractivity (Wildman–Crippen MR) is 74.5 cm³/mol. The molecule has 1 amide bonds. The van der Waals surface area contributed by atoms with Crippen molar-refractivity contribution < 1.29 is 4.79 Å². The molecule has 0 spiro atoms. The summed E-state index contributed by atoms with van der Waals surface area (Å²) in [6.07, 6.45) is 1.50. The van der Waals surface area contributed by atoms with Crippen LogP contribution in [-0.4, -0.2) is 15.7 Å². The first kappa shape index (κ1) is 12.6. The molecular formula is C12H13BrN4O. The quantitative estimate of drug-likeness (QED) is 0.894. The largest absolute Gasteiger partial charge is 0.394 e. The molecule has 2 rings (SSSR count). The topological polar surface area (TPSA) is 72.9 Å². The molecule has 18 heavy (non-hydrogen) atoms. The Hall–Kier alpha value is -1.82. The Morgan fingerprint density at radius 3 is 2.83 bits per heavy atom. The number of benzene rings is 1. The van der Waals surface area contributed by atoms with E-state index in [0.29, 0.717) is 17.1 Å². The average Bonchev–Trinajstić information content (AvgIpc) is 2.64. The van der Waals surface area contributed by atoms with Crippen LogP contribution >= 0.6 is 15.9 Å². The van der Waals surface area contributed by atoms with Crippen molar-refractivity contribution in [2.45, 2.75) is 6.92 Å². The van der Waals surface area contributed by atoms with E-state index in [1.165, 1.54) is 10.9 Å². The molecule has 0 aliphatic carbocycles. The number of nitrogens with zero attached hydrogens (tertiary/aromatic N) is 2. The van der Waals surface area contributed by atoms with Gasteiger partial charge in [0.2, 0.25) is 0 Å². The lowest BCUT2D eigenvalue weighted by Crippen LogP contribution is -2.16. The van der Waals surface area contributed by atoms with Crippen molar-refractivity contribution in [3.05, 3.63) is 40.0 Å². The maximum atomic E-state index is 12.2. The van der Waals surface area contributed by atoms with E-state index < -0.39 is 0 Å². The average molecular weight is 309 g/mol. The lowest BCUT2D eigenvalue weighted by Gasteiger charge is -2.09. The van der Waals surface area contributed by atoms with Crippen molar-refractivity contribution in [1.82, 2.24) is 9.78 Å². The summed E-state index contributed by atoms with van der Waals surface area (Å²) < 4.78 is 2.31. The number of nitrogen functional groups attached to an aromatic ring is 1. The Morgan fingerprint density at radius 1 is 1.50 bits per heavy atom. The van der Waals surface area contributed by atoms with Crippen LogP contribution < -0.4 is 11.1 Å². The molecule has 0 radical (unpaired) electrons. The standard InChI is InChI=1S/C12H13BrN4O/c1-7-4-3-5-8(10(7)13)12(18)16-11-9(14)6-15-17(11)2/h3-6H,14H2,1-2H3,(H,16,18). The molecule has 1 aromatic heterocycles. The van der Waals surface area contributed by atoms with Crippen molar-refractivity contribution in [3.8, 4) is 0 Å². The molecule has 0 bridgehead atoms. The van der Waals surface area contributed by atoms with Gasteiger partial charge in [-0.1, -0.05) is 12.1 Å². The van der Waals surface area contributed by atoms with Crippen molar-refractivity contribution in [2.75, 3.05) is 11.1 Å². The molecule has 94 valence electrons. The SMILES string of the molecule is Cc1cccc(C(=O)Nc2c(N)cnn2C)c1Br. The van der Waals surface area contributed by atoms with E-state index in [1.807, 2.05) is 19.1 Å². The summed E-state index contributed by atoms with van der Waals surface area (Å²) in [4.78, 5) is 12.2. The molecular weight excluding hydrogens is 296 g/mol. The highest BCUT2D eigenvalue weighted by Gasteiger charge is 2.14. The lowest BCUT2D eigenvalue weighted by molar-refractivity contribution is 0.102. The van der Waals surface area contributed by atoms with E-state index in [9.17, 15) is 4.79 Å². The highest BCUT2D eigenvalue weighted by Crippen LogP contribution is 2.23. The number of carbonyl (C=O) groups excluding carboxylic acids is 1. The van der Waals surface area contributed by atoms with Crippen LogP contribution in [-0.2, 0) is 7.05 Å². The Kier molecular flexibility index (Phi) is 3.38. The fourth-order valence-electron chi connectivity index (χ4n) is 1.61. The third-order valence-electron chi connectivity index (χ3n) is 2.64. The number of aryl methyl sites for hydroxylation is 2. The van der Waals surface area contributed by atoms with E-state index in [1.54, 1.807) is 13.1 Å². The zero-order valence-electron chi connectivity index (χ0n) is 10.1. The Balaban J connectivity index is 2.31. The molecule has 0 aliphatic rings. The van der Waals surface area contributed by atoms with Crippen LogP contribution in [0.3, 0.4) is 0 Å². The smallest absolute Gasteiger partial charge is 0.258 e. The van der Waals surface area contributed by atoms with Crippen molar-refractivity contribution in [2.24, 2.45) is 7.05 Å². The summed E-state index contributed by atoms with van der Waals surface area (Å²) in [5.74, 6) is 0.272. The van der Waals surface area contributed by atoms with E-state index in [-0.39, 0.29) is 5.91 Å². The maximum Gasteiger partial charge on any atom is 0.258 e. The van der Waals surface area contributed by atoms with Gasteiger partial charge in [0.15, 0.2) is 5.82 Å². The summed E-state index contributed by atoms with van der Waals surface area (Å²) in [7, 11) is 1.72. The molecule has 3 N–H and O–H groups in total. The number of nitrogens with one attached hydrogen (secondary N) is 1. The summed E-state index contributed by atoms with van der Waals surface area (Å²) in [5.41, 5.74) is 7.73. The molecule has 0 aliphatic heterocycles. The van der Waals surface area contributed by atoms with Crippen molar-refractivity contribution >= 4 is 33.3 Å². The fraction of sp³-hybridized carbons (Fsp3) is 0.167. The summed E-state index contributed by atoms with van der Waals surface area (Å²) in [6, 6.07) is 5.51. The van der Waals surface area contributed by atoms with Crippen LogP contribution in [0.5, 0.6) is 0 Å². The first-order chi connectivity index (χ1) is 8.50. The minimum Gasteiger partial charge on any atom is -0.394 e. The van der Waals surface area contributed by atoms with Crippen LogP contribution in [0.4, 0.5) is 11.5 Å². The van der Waals surface area contributed by atoms with Gasteiger partial charge in [0.1, 0.15) is 0 Å². The minimum absolute atomic E-state index is 0.221. The second-order valence-corrected chi connectivity index (χ2v) is 4.76. The highest BCUT2D eigenvalue weighted by molar-refractivity contribution is 9.10. The van der Waals surface area contributed by atoms with Crippen molar-refractivity contribution in [3.63, 3.8) is 0 Å². The van der Waals surface area contributed by atoms with Gasteiger partial charge in [-0.3, -0.25) is 9.48 Å². The van der Waals surface area contributed by atoms with Gasteiger partial charge in [-0.05, 0) is 34.5 Å². The predicted octanol–water partition coefficient (Wildman–Crippen LogP) is 2.33. The maximum absolute atomic E-state index is 12.2. The number of hydrogen-bond acceptors (Lipinski definition) is 3. The van der Waals surface area contributed by atoms with Crippen LogP contribution in [0.15, 0.2) is 28.9 Å². The zero-order valence-corrected chi connectivity index (χ0v) is 11.7. The molecule has 1 heterocycles. The van der Waals surface area contributed by atoms with Crippen molar-refractivity contribution in [1.29, 1.82) is 0 Å². The van der Waals surface area contributed by atoms with E-state index in [0.717, 1.165) is 10.0 Å². The third kappa shape index (κ3) is 2.24. The van der Waals surface area contributed by atoms with Crippen LogP contribution in [0.25, 0.3) is 0 Å². The Bertz CT molecular complexity index is 587. The van der Waals surface area contributed by atoms with Crippen LogP contribution in [0, 0.1) is 6.92 Å². The van der Waals surface area contributed by atoms with Gasteiger partial charge in [-0.2, -0.15) is 5.10 Å². The molecule has 0 fully saturated rings. The number of nitrogens with two attached hydrogens (primary N) is 1. The number of aromatic nitrogens is 2. The molecule has 0 saturated heterocycles. The minimum atomic E-state index is -0.221. The molecule has 6 heteroatoms. The molecule has 5 nitrogen and oxygen atoms in total. The second kappa shape index (κ2) is 4.81. The highest BCUT2D eigenvalue weighted by atomic mass is 79.9. The van der Waals surface area contributed by atoms with Gasteiger partial charge >= 0.3 is 0 Å². The number of rotatable bonds is 2. The number of halogens is 1. The number of hydrogen-bond donors (Lipinski definition) is 2. The zero-order chi connectivity index (χ0) is 13.3. The van der Waals surface area contributed by atoms with Gasteiger partial charge in [0.25, 0.3) is 5.91 Å². The molecule has 0 atom stereocenters. The molecule has 0 unspecified atom stereocenters. The van der Waals surface area contributed by atoms with E-state index >= 15 is 0 Å². The normalized spacial score (nSPS) is 10.4. The van der Waals surface area contributed by atoms with Gasteiger partial charge in [-0.15, -0.1) is 0 Å². The monoisotopic (exact) mass is 308 g/mol. The summed E-state index contributed by atoms with van der Waals surface area (Å²) in [6.45, 7) is 1.93. The second-order valence-electron chi connectivity index (χ2n) is 3.96. The van der Waals surface area contributed by atoms with E-state index in [2.05, 4.69) is 26.3 Å². The first-order valence-electron chi connectivity index (χ1n) is 5.34. The molecule has 2 aromatic rings. The molecule has 0 saturated carbocycles. The summed E-state index contributed by atoms with van der Waals surface area (Å²) in [5, 5.41) is 6.72. The van der Waals surface area contributed by atoms with Gasteiger partial charge in [0, 0.05) is 11.5 Å². The van der Waals surface area contributed by atoms with Gasteiger partial charge < -0.3 is 11.1 Å². The fourth-order valence-corrected chi connectivity index (χ4v) is 2.05. The number of amides is 1. The molecule has 1 aromatic carbocycles. The van der Waals surface area contributed by atoms with Gasteiger partial charge in [-0.25, -0.2) is 0 Å². The van der Waals surface area contributed by atoms with Gasteiger partial charge in [0.05, 0.1) is 17.4 Å². The first-order valence-corrected chi connectivity index (χ1v) is 6.14. The van der Waals surface area contributed by atoms with E-state index in [4.69, 9.17) is 5.73 Å². The lowest BCUT2D eigenvalue weighted by atomic mass is 10.1.